The van der Waals surface area contributed by atoms with Gasteiger partial charge in [0.1, 0.15) is 29.1 Å². The lowest BCUT2D eigenvalue weighted by Crippen LogP contribution is -2.31. The minimum Gasteiger partial charge on any atom is -0.507 e. The highest BCUT2D eigenvalue weighted by molar-refractivity contribution is 6.46. The van der Waals surface area contributed by atoms with E-state index in [-0.39, 0.29) is 11.3 Å². The summed E-state index contributed by atoms with van der Waals surface area (Å²) < 4.78 is 13.5. The number of aliphatic hydroxyl groups is 1. The molecule has 1 aromatic carbocycles. The molecule has 1 amide bonds. The van der Waals surface area contributed by atoms with E-state index < -0.39 is 17.7 Å². The number of ketones is 1. The second-order valence-corrected chi connectivity index (χ2v) is 8.32. The number of aryl methyl sites for hydroxylation is 2. The average molecular weight is 464 g/mol. The normalized spacial score (nSPS) is 17.5. The van der Waals surface area contributed by atoms with Crippen molar-refractivity contribution < 1.29 is 23.8 Å². The zero-order chi connectivity index (χ0) is 24.1. The lowest BCUT2D eigenvalue weighted by atomic mass is 9.99. The Labute approximate surface area is 198 Å². The quantitative estimate of drug-likeness (QED) is 0.206. The third-order valence-electron chi connectivity index (χ3n) is 5.82. The van der Waals surface area contributed by atoms with Gasteiger partial charge in [0, 0.05) is 31.0 Å². The first-order valence-corrected chi connectivity index (χ1v) is 11.5. The van der Waals surface area contributed by atoms with Crippen LogP contribution in [0.3, 0.4) is 0 Å². The highest BCUT2D eigenvalue weighted by atomic mass is 16.5. The molecule has 34 heavy (non-hydrogen) atoms. The van der Waals surface area contributed by atoms with Crippen LogP contribution in [0.25, 0.3) is 5.76 Å². The summed E-state index contributed by atoms with van der Waals surface area (Å²) in [5, 5.41) is 11.2. The Morgan fingerprint density at radius 1 is 1.18 bits per heavy atom. The first kappa shape index (κ1) is 23.4. The minimum absolute atomic E-state index is 0.0210. The van der Waals surface area contributed by atoms with Gasteiger partial charge in [-0.2, -0.15) is 0 Å². The fraction of sp³-hybridized carbons (Fsp3) is 0.346. The third-order valence-corrected chi connectivity index (χ3v) is 5.82. The minimum atomic E-state index is -0.804. The standard InChI is InChI=1S/C26H29N3O5/c1-3-4-15-33-20-8-5-7-19(16-20)24(30)22-23(21-10-9-18(2)34-21)29(26(32)25(22)31)13-6-12-28-14-11-27-17-28/h5,7-11,14,16-17,23,30H,3-4,6,12-13,15H2,1-2H3/b24-22+. The number of Topliss-reactive ketones (excluding diaryl/α,β-unsaturated/α-hetero) is 1. The summed E-state index contributed by atoms with van der Waals surface area (Å²) in [5.74, 6) is 0.0764. The number of likely N-dealkylation sites (tertiary alicyclic amines) is 1. The summed E-state index contributed by atoms with van der Waals surface area (Å²) in [6.07, 6.45) is 7.77. The summed E-state index contributed by atoms with van der Waals surface area (Å²) in [4.78, 5) is 31.6. The van der Waals surface area contributed by atoms with E-state index in [1.54, 1.807) is 55.8 Å². The SMILES string of the molecule is CCCCOc1cccc(/C(O)=C2\C(=O)C(=O)N(CCCn3ccnc3)C2c2ccc(C)o2)c1. The average Bonchev–Trinajstić information content (AvgIpc) is 3.56. The van der Waals surface area contributed by atoms with Crippen molar-refractivity contribution in [2.75, 3.05) is 13.2 Å². The summed E-state index contributed by atoms with van der Waals surface area (Å²) in [7, 11) is 0. The van der Waals surface area contributed by atoms with Gasteiger partial charge >= 0.3 is 0 Å². The van der Waals surface area contributed by atoms with Crippen LogP contribution in [0.5, 0.6) is 5.75 Å². The number of benzene rings is 1. The van der Waals surface area contributed by atoms with E-state index in [4.69, 9.17) is 9.15 Å². The molecule has 1 N–H and O–H groups in total. The summed E-state index contributed by atoms with van der Waals surface area (Å²) in [6.45, 7) is 5.41. The number of unbranched alkanes of at least 4 members (excludes halogenated alkanes) is 1. The van der Waals surface area contributed by atoms with Gasteiger partial charge in [0.25, 0.3) is 11.7 Å². The first-order chi connectivity index (χ1) is 16.5. The van der Waals surface area contributed by atoms with Gasteiger partial charge < -0.3 is 23.7 Å². The van der Waals surface area contributed by atoms with Crippen molar-refractivity contribution in [2.45, 2.75) is 45.7 Å². The molecule has 178 valence electrons. The molecule has 1 atom stereocenters. The zero-order valence-electron chi connectivity index (χ0n) is 19.4. The van der Waals surface area contributed by atoms with Gasteiger partial charge in [-0.1, -0.05) is 25.5 Å². The molecule has 2 aromatic heterocycles. The van der Waals surface area contributed by atoms with Crippen molar-refractivity contribution in [3.05, 3.63) is 77.8 Å². The van der Waals surface area contributed by atoms with Crippen LogP contribution >= 0.6 is 0 Å². The van der Waals surface area contributed by atoms with Crippen molar-refractivity contribution in [1.82, 2.24) is 14.5 Å². The number of carbonyl (C=O) groups is 2. The number of aromatic nitrogens is 2. The molecule has 0 spiro atoms. The number of carbonyl (C=O) groups excluding carboxylic acids is 2. The van der Waals surface area contributed by atoms with E-state index in [9.17, 15) is 14.7 Å². The molecular weight excluding hydrogens is 434 g/mol. The van der Waals surface area contributed by atoms with Crippen LogP contribution in [-0.4, -0.2) is 44.4 Å². The fourth-order valence-corrected chi connectivity index (χ4v) is 4.07. The summed E-state index contributed by atoms with van der Waals surface area (Å²) in [5.41, 5.74) is 0.436. The molecule has 0 aliphatic carbocycles. The molecule has 8 nitrogen and oxygen atoms in total. The second-order valence-electron chi connectivity index (χ2n) is 8.32. The van der Waals surface area contributed by atoms with Gasteiger partial charge in [0.2, 0.25) is 0 Å². The molecule has 1 unspecified atom stereocenters. The molecule has 1 saturated heterocycles. The monoisotopic (exact) mass is 463 g/mol. The Hall–Kier alpha value is -3.81. The number of imidazole rings is 1. The lowest BCUT2D eigenvalue weighted by Gasteiger charge is -2.23. The molecule has 0 radical (unpaired) electrons. The molecule has 0 saturated carbocycles. The Balaban J connectivity index is 1.66. The predicted octanol–water partition coefficient (Wildman–Crippen LogP) is 4.48. The number of aliphatic hydroxyl groups excluding tert-OH is 1. The molecule has 8 heteroatoms. The maximum absolute atomic E-state index is 13.1. The summed E-state index contributed by atoms with van der Waals surface area (Å²) >= 11 is 0. The number of hydrogen-bond donors (Lipinski definition) is 1. The van der Waals surface area contributed by atoms with Crippen LogP contribution in [0.15, 0.2) is 65.1 Å². The van der Waals surface area contributed by atoms with Crippen LogP contribution in [0, 0.1) is 6.92 Å². The smallest absolute Gasteiger partial charge is 0.295 e. The van der Waals surface area contributed by atoms with Crippen molar-refractivity contribution in [1.29, 1.82) is 0 Å². The second kappa shape index (κ2) is 10.4. The highest BCUT2D eigenvalue weighted by Gasteiger charge is 2.47. The highest BCUT2D eigenvalue weighted by Crippen LogP contribution is 2.40. The Morgan fingerprint density at radius 3 is 2.74 bits per heavy atom. The van der Waals surface area contributed by atoms with E-state index in [0.717, 1.165) is 12.8 Å². The molecule has 0 bridgehead atoms. The van der Waals surface area contributed by atoms with E-state index in [0.29, 0.717) is 49.0 Å². The summed E-state index contributed by atoms with van der Waals surface area (Å²) in [6, 6.07) is 9.65. The zero-order valence-corrected chi connectivity index (χ0v) is 19.4. The number of rotatable bonds is 10. The van der Waals surface area contributed by atoms with Gasteiger partial charge in [-0.15, -0.1) is 0 Å². The molecule has 4 rings (SSSR count). The van der Waals surface area contributed by atoms with Crippen LogP contribution in [0.1, 0.15) is 49.3 Å². The fourth-order valence-electron chi connectivity index (χ4n) is 4.07. The maximum Gasteiger partial charge on any atom is 0.295 e. The van der Waals surface area contributed by atoms with Crippen molar-refractivity contribution >= 4 is 17.4 Å². The van der Waals surface area contributed by atoms with E-state index in [2.05, 4.69) is 11.9 Å². The largest absolute Gasteiger partial charge is 0.507 e. The molecule has 3 aromatic rings. The van der Waals surface area contributed by atoms with Gasteiger partial charge in [-0.05, 0) is 44.0 Å². The van der Waals surface area contributed by atoms with Crippen molar-refractivity contribution in [3.63, 3.8) is 0 Å². The Bertz CT molecular complexity index is 1180. The maximum atomic E-state index is 13.1. The van der Waals surface area contributed by atoms with E-state index >= 15 is 0 Å². The number of ether oxygens (including phenoxy) is 1. The van der Waals surface area contributed by atoms with Gasteiger partial charge in [0.15, 0.2) is 0 Å². The predicted molar refractivity (Wildman–Crippen MR) is 126 cm³/mol. The van der Waals surface area contributed by atoms with Gasteiger partial charge in [-0.3, -0.25) is 9.59 Å². The topological polar surface area (TPSA) is 97.8 Å². The number of nitrogens with zero attached hydrogens (tertiary/aromatic N) is 3. The van der Waals surface area contributed by atoms with Crippen LogP contribution in [0.4, 0.5) is 0 Å². The lowest BCUT2D eigenvalue weighted by molar-refractivity contribution is -0.140. The van der Waals surface area contributed by atoms with Gasteiger partial charge in [0.05, 0.1) is 18.5 Å². The molecule has 1 aliphatic rings. The number of furan rings is 1. The van der Waals surface area contributed by atoms with Crippen LogP contribution < -0.4 is 4.74 Å². The first-order valence-electron chi connectivity index (χ1n) is 11.5. The number of amides is 1. The van der Waals surface area contributed by atoms with Crippen molar-refractivity contribution in [3.8, 4) is 5.75 Å². The van der Waals surface area contributed by atoms with Gasteiger partial charge in [-0.25, -0.2) is 4.98 Å². The molecule has 1 aliphatic heterocycles. The molecular formula is C26H29N3O5. The van der Waals surface area contributed by atoms with Crippen molar-refractivity contribution in [2.24, 2.45) is 0 Å². The van der Waals surface area contributed by atoms with Crippen LogP contribution in [-0.2, 0) is 16.1 Å². The molecule has 3 heterocycles. The third kappa shape index (κ3) is 4.90. The van der Waals surface area contributed by atoms with E-state index in [1.807, 2.05) is 10.8 Å². The Kier molecular flexibility index (Phi) is 7.15. The van der Waals surface area contributed by atoms with Crippen LogP contribution in [0.2, 0.25) is 0 Å². The molecule has 1 fully saturated rings. The Morgan fingerprint density at radius 2 is 2.03 bits per heavy atom. The number of hydrogen-bond acceptors (Lipinski definition) is 6. The van der Waals surface area contributed by atoms with E-state index in [1.165, 1.54) is 4.90 Å².